The largest absolute Gasteiger partial charge is 0.486 e. The molecule has 0 unspecified atom stereocenters. The van der Waals surface area contributed by atoms with Crippen LogP contribution in [0.15, 0.2) is 54.6 Å². The summed E-state index contributed by atoms with van der Waals surface area (Å²) in [6, 6.07) is 16.3. The van der Waals surface area contributed by atoms with Gasteiger partial charge in [0.25, 0.3) is 0 Å². The van der Waals surface area contributed by atoms with Gasteiger partial charge in [0.2, 0.25) is 5.88 Å². The van der Waals surface area contributed by atoms with Crippen molar-refractivity contribution < 1.29 is 19.4 Å². The molecule has 2 heterocycles. The zero-order valence-electron chi connectivity index (χ0n) is 17.0. The van der Waals surface area contributed by atoms with Gasteiger partial charge in [-0.1, -0.05) is 12.1 Å². The summed E-state index contributed by atoms with van der Waals surface area (Å²) >= 11 is 0. The zero-order chi connectivity index (χ0) is 21.4. The Labute approximate surface area is 178 Å². The van der Waals surface area contributed by atoms with Crippen LogP contribution in [-0.4, -0.2) is 25.6 Å². The third-order valence-corrected chi connectivity index (χ3v) is 5.52. The third-order valence-electron chi connectivity index (χ3n) is 5.52. The van der Waals surface area contributed by atoms with E-state index in [1.807, 2.05) is 29.8 Å². The number of carboxylic acids is 1. The van der Waals surface area contributed by atoms with E-state index >= 15 is 0 Å². The first-order chi connectivity index (χ1) is 15.1. The molecule has 0 spiro atoms. The zero-order valence-corrected chi connectivity index (χ0v) is 17.0. The second kappa shape index (κ2) is 7.75. The number of aromatic nitrogens is 3. The number of carbonyl (C=O) groups is 1. The van der Waals surface area contributed by atoms with Gasteiger partial charge < -0.3 is 19.1 Å². The smallest absolute Gasteiger partial charge is 0.335 e. The van der Waals surface area contributed by atoms with Crippen molar-refractivity contribution in [3.63, 3.8) is 0 Å². The van der Waals surface area contributed by atoms with Gasteiger partial charge in [-0.3, -0.25) is 0 Å². The standard InChI is InChI=1S/C24H21N3O4/c1-27-21(14-30-18-7-3-6-17(13-18)24(28)29)25-20-10-11-22(26-23(20)27)31-19-9-8-15-4-2-5-16(15)12-19/h3,6-13H,2,4-5,14H2,1H3,(H,28,29). The third kappa shape index (κ3) is 3.82. The molecule has 0 radical (unpaired) electrons. The number of pyridine rings is 1. The lowest BCUT2D eigenvalue weighted by Gasteiger charge is -2.08. The molecule has 1 aliphatic carbocycles. The SMILES string of the molecule is Cn1c(COc2cccc(C(=O)O)c2)nc2ccc(Oc3ccc4c(c3)CCC4)nc21. The number of benzene rings is 2. The molecule has 0 bridgehead atoms. The lowest BCUT2D eigenvalue weighted by molar-refractivity contribution is 0.0696. The highest BCUT2D eigenvalue weighted by Crippen LogP contribution is 2.29. The summed E-state index contributed by atoms with van der Waals surface area (Å²) in [7, 11) is 1.87. The molecule has 2 aromatic heterocycles. The molecule has 0 saturated heterocycles. The minimum atomic E-state index is -0.992. The number of imidazole rings is 1. The molecule has 0 fully saturated rings. The van der Waals surface area contributed by atoms with Crippen molar-refractivity contribution in [2.75, 3.05) is 0 Å². The predicted octanol–water partition coefficient (Wildman–Crippen LogP) is 4.53. The van der Waals surface area contributed by atoms with Crippen molar-refractivity contribution in [1.29, 1.82) is 0 Å². The first kappa shape index (κ1) is 19.1. The Morgan fingerprint density at radius 1 is 1.03 bits per heavy atom. The highest BCUT2D eigenvalue weighted by molar-refractivity contribution is 5.88. The van der Waals surface area contributed by atoms with Gasteiger partial charge in [0.05, 0.1) is 5.56 Å². The number of aryl methyl sites for hydroxylation is 3. The first-order valence-corrected chi connectivity index (χ1v) is 10.1. The molecule has 1 aliphatic rings. The van der Waals surface area contributed by atoms with Gasteiger partial charge in [-0.25, -0.2) is 9.78 Å². The van der Waals surface area contributed by atoms with E-state index in [9.17, 15) is 4.79 Å². The Balaban J connectivity index is 1.35. The maximum atomic E-state index is 11.1. The quantitative estimate of drug-likeness (QED) is 0.498. The number of nitrogens with zero attached hydrogens (tertiary/aromatic N) is 3. The van der Waals surface area contributed by atoms with E-state index in [1.54, 1.807) is 12.1 Å². The van der Waals surface area contributed by atoms with Crippen molar-refractivity contribution in [2.45, 2.75) is 25.9 Å². The summed E-state index contributed by atoms with van der Waals surface area (Å²) in [5, 5.41) is 9.12. The molecule has 1 N–H and O–H groups in total. The molecule has 5 rings (SSSR count). The first-order valence-electron chi connectivity index (χ1n) is 10.1. The Morgan fingerprint density at radius 3 is 2.77 bits per heavy atom. The van der Waals surface area contributed by atoms with Crippen LogP contribution in [0.2, 0.25) is 0 Å². The topological polar surface area (TPSA) is 86.5 Å². The van der Waals surface area contributed by atoms with Crippen molar-refractivity contribution in [3.05, 3.63) is 77.1 Å². The highest BCUT2D eigenvalue weighted by atomic mass is 16.5. The molecule has 4 aromatic rings. The lowest BCUT2D eigenvalue weighted by atomic mass is 10.1. The summed E-state index contributed by atoms with van der Waals surface area (Å²) < 4.78 is 13.6. The number of fused-ring (bicyclic) bond motifs is 2. The van der Waals surface area contributed by atoms with Crippen molar-refractivity contribution in [3.8, 4) is 17.4 Å². The van der Waals surface area contributed by atoms with Gasteiger partial charge in [-0.15, -0.1) is 0 Å². The molecular formula is C24H21N3O4. The van der Waals surface area contributed by atoms with Gasteiger partial charge in [0.1, 0.15) is 29.4 Å². The summed E-state index contributed by atoms with van der Waals surface area (Å²) in [6.45, 7) is 0.191. The van der Waals surface area contributed by atoms with Gasteiger partial charge in [0.15, 0.2) is 5.65 Å². The van der Waals surface area contributed by atoms with Crippen LogP contribution in [0.25, 0.3) is 11.2 Å². The monoisotopic (exact) mass is 415 g/mol. The van der Waals surface area contributed by atoms with Crippen LogP contribution in [0.1, 0.15) is 33.7 Å². The number of hydrogen-bond donors (Lipinski definition) is 1. The summed E-state index contributed by atoms with van der Waals surface area (Å²) in [5.41, 5.74) is 4.36. The molecular weight excluding hydrogens is 394 g/mol. The second-order valence-electron chi connectivity index (χ2n) is 7.59. The number of carboxylic acid groups (broad SMARTS) is 1. The number of ether oxygens (including phenoxy) is 2. The van der Waals surface area contributed by atoms with Crippen LogP contribution in [0, 0.1) is 0 Å². The molecule has 31 heavy (non-hydrogen) atoms. The van der Waals surface area contributed by atoms with Gasteiger partial charge in [0, 0.05) is 13.1 Å². The Morgan fingerprint density at radius 2 is 1.90 bits per heavy atom. The molecule has 0 aliphatic heterocycles. The normalized spacial score (nSPS) is 12.7. The molecule has 0 amide bonds. The van der Waals surface area contributed by atoms with E-state index in [0.717, 1.165) is 24.1 Å². The molecule has 156 valence electrons. The molecule has 7 heteroatoms. The van der Waals surface area contributed by atoms with Crippen LogP contribution >= 0.6 is 0 Å². The Hall–Kier alpha value is -3.87. The maximum Gasteiger partial charge on any atom is 0.335 e. The molecule has 7 nitrogen and oxygen atoms in total. The average molecular weight is 415 g/mol. The molecule has 2 aromatic carbocycles. The highest BCUT2D eigenvalue weighted by Gasteiger charge is 2.14. The lowest BCUT2D eigenvalue weighted by Crippen LogP contribution is -2.04. The number of rotatable bonds is 6. The number of hydrogen-bond acceptors (Lipinski definition) is 5. The second-order valence-corrected chi connectivity index (χ2v) is 7.59. The van der Waals surface area contributed by atoms with E-state index in [2.05, 4.69) is 22.1 Å². The predicted molar refractivity (Wildman–Crippen MR) is 115 cm³/mol. The van der Waals surface area contributed by atoms with Crippen LogP contribution in [0.4, 0.5) is 0 Å². The van der Waals surface area contributed by atoms with Gasteiger partial charge >= 0.3 is 5.97 Å². The van der Waals surface area contributed by atoms with E-state index in [1.165, 1.54) is 29.7 Å². The Kier molecular flexibility index (Phi) is 4.78. The fourth-order valence-corrected chi connectivity index (χ4v) is 3.88. The fourth-order valence-electron chi connectivity index (χ4n) is 3.88. The van der Waals surface area contributed by atoms with Crippen LogP contribution in [-0.2, 0) is 26.5 Å². The minimum absolute atomic E-state index is 0.178. The van der Waals surface area contributed by atoms with E-state index in [4.69, 9.17) is 14.6 Å². The van der Waals surface area contributed by atoms with Crippen LogP contribution in [0.3, 0.4) is 0 Å². The van der Waals surface area contributed by atoms with E-state index < -0.39 is 5.97 Å². The van der Waals surface area contributed by atoms with Gasteiger partial charge in [-0.05, 0) is 66.8 Å². The van der Waals surface area contributed by atoms with Crippen molar-refractivity contribution in [1.82, 2.24) is 14.5 Å². The summed E-state index contributed by atoms with van der Waals surface area (Å²) in [5.74, 6) is 1.46. The maximum absolute atomic E-state index is 11.1. The van der Waals surface area contributed by atoms with Crippen molar-refractivity contribution >= 4 is 17.1 Å². The fraction of sp³-hybridized carbons (Fsp3) is 0.208. The molecule has 0 saturated carbocycles. The summed E-state index contributed by atoms with van der Waals surface area (Å²) in [4.78, 5) is 20.3. The van der Waals surface area contributed by atoms with Crippen LogP contribution < -0.4 is 9.47 Å². The van der Waals surface area contributed by atoms with E-state index in [-0.39, 0.29) is 12.2 Å². The van der Waals surface area contributed by atoms with E-state index in [0.29, 0.717) is 23.1 Å². The van der Waals surface area contributed by atoms with Gasteiger partial charge in [-0.2, -0.15) is 4.98 Å². The van der Waals surface area contributed by atoms with Crippen LogP contribution in [0.5, 0.6) is 17.4 Å². The average Bonchev–Trinajstić information content (AvgIpc) is 3.36. The number of aromatic carboxylic acids is 1. The summed E-state index contributed by atoms with van der Waals surface area (Å²) in [6.07, 6.45) is 3.43. The van der Waals surface area contributed by atoms with Crippen molar-refractivity contribution in [2.24, 2.45) is 7.05 Å². The Bertz CT molecular complexity index is 1300. The minimum Gasteiger partial charge on any atom is -0.486 e. The molecule has 0 atom stereocenters.